The van der Waals surface area contributed by atoms with E-state index < -0.39 is 23.7 Å². The van der Waals surface area contributed by atoms with Crippen molar-refractivity contribution in [1.82, 2.24) is 10.2 Å². The predicted molar refractivity (Wildman–Crippen MR) is 85.7 cm³/mol. The van der Waals surface area contributed by atoms with Crippen LogP contribution in [-0.4, -0.2) is 29.4 Å². The first-order valence-electron chi connectivity index (χ1n) is 7.88. The molecule has 2 heterocycles. The fourth-order valence-corrected chi connectivity index (χ4v) is 2.77. The van der Waals surface area contributed by atoms with Crippen molar-refractivity contribution in [2.75, 3.05) is 11.9 Å². The average Bonchev–Trinajstić information content (AvgIpc) is 3.28. The van der Waals surface area contributed by atoms with Crippen molar-refractivity contribution in [3.05, 3.63) is 54.0 Å². The molecule has 0 bridgehead atoms. The van der Waals surface area contributed by atoms with E-state index in [4.69, 9.17) is 4.42 Å². The van der Waals surface area contributed by atoms with Crippen LogP contribution in [0, 0.1) is 11.6 Å². The Morgan fingerprint density at radius 3 is 2.84 bits per heavy atom. The number of benzene rings is 1. The first-order chi connectivity index (χ1) is 12.1. The summed E-state index contributed by atoms with van der Waals surface area (Å²) >= 11 is 0. The third-order valence-corrected chi connectivity index (χ3v) is 4.03. The summed E-state index contributed by atoms with van der Waals surface area (Å²) in [5, 5.41) is 5.03. The van der Waals surface area contributed by atoms with E-state index in [1.807, 2.05) is 0 Å². The first-order valence-corrected chi connectivity index (χ1v) is 7.88. The summed E-state index contributed by atoms with van der Waals surface area (Å²) in [5.74, 6) is -1.89. The van der Waals surface area contributed by atoms with Gasteiger partial charge in [0.15, 0.2) is 11.6 Å². The quantitative estimate of drug-likeness (QED) is 0.891. The van der Waals surface area contributed by atoms with Crippen LogP contribution in [0.3, 0.4) is 0 Å². The van der Waals surface area contributed by atoms with Crippen molar-refractivity contribution in [1.29, 1.82) is 0 Å². The van der Waals surface area contributed by atoms with Crippen LogP contribution < -0.4 is 10.6 Å². The van der Waals surface area contributed by atoms with E-state index in [0.29, 0.717) is 25.1 Å². The van der Waals surface area contributed by atoms with Gasteiger partial charge in [-0.3, -0.25) is 4.79 Å². The fraction of sp³-hybridized carbons (Fsp3) is 0.294. The molecule has 1 unspecified atom stereocenters. The minimum atomic E-state index is -1.13. The van der Waals surface area contributed by atoms with Gasteiger partial charge in [0.2, 0.25) is 5.91 Å². The molecule has 1 aromatic heterocycles. The van der Waals surface area contributed by atoms with Crippen molar-refractivity contribution in [2.45, 2.75) is 25.4 Å². The van der Waals surface area contributed by atoms with E-state index in [9.17, 15) is 18.4 Å². The van der Waals surface area contributed by atoms with Crippen molar-refractivity contribution in [3.8, 4) is 0 Å². The fourth-order valence-electron chi connectivity index (χ4n) is 2.77. The lowest BCUT2D eigenvalue weighted by atomic mass is 10.2. The molecule has 25 heavy (non-hydrogen) atoms. The summed E-state index contributed by atoms with van der Waals surface area (Å²) in [6.45, 7) is 0.581. The van der Waals surface area contributed by atoms with Crippen LogP contribution in [0.25, 0.3) is 0 Å². The SMILES string of the molecule is O=C(NCc1ccco1)C1CCCN1C(=O)Nc1cccc(F)c1F. The van der Waals surface area contributed by atoms with Gasteiger partial charge >= 0.3 is 6.03 Å². The van der Waals surface area contributed by atoms with Gasteiger partial charge in [0.05, 0.1) is 18.5 Å². The lowest BCUT2D eigenvalue weighted by molar-refractivity contribution is -0.124. The smallest absolute Gasteiger partial charge is 0.322 e. The van der Waals surface area contributed by atoms with Gasteiger partial charge in [-0.2, -0.15) is 0 Å². The molecule has 1 aliphatic heterocycles. The average molecular weight is 349 g/mol. The Hall–Kier alpha value is -2.90. The van der Waals surface area contributed by atoms with Crippen LogP contribution >= 0.6 is 0 Å². The second-order valence-electron chi connectivity index (χ2n) is 5.68. The molecule has 2 N–H and O–H groups in total. The zero-order valence-electron chi connectivity index (χ0n) is 13.3. The minimum absolute atomic E-state index is 0.219. The maximum Gasteiger partial charge on any atom is 0.322 e. The van der Waals surface area contributed by atoms with E-state index in [1.54, 1.807) is 12.1 Å². The number of anilines is 1. The van der Waals surface area contributed by atoms with Crippen LogP contribution in [-0.2, 0) is 11.3 Å². The molecule has 6 nitrogen and oxygen atoms in total. The number of likely N-dealkylation sites (tertiary alicyclic amines) is 1. The summed E-state index contributed by atoms with van der Waals surface area (Å²) < 4.78 is 32.1. The molecule has 2 aromatic rings. The Bertz CT molecular complexity index is 765. The minimum Gasteiger partial charge on any atom is -0.467 e. The van der Waals surface area contributed by atoms with Gasteiger partial charge in [0.25, 0.3) is 0 Å². The summed E-state index contributed by atoms with van der Waals surface area (Å²) in [5.41, 5.74) is -0.258. The van der Waals surface area contributed by atoms with Crippen LogP contribution in [0.1, 0.15) is 18.6 Å². The topological polar surface area (TPSA) is 74.6 Å². The molecule has 3 rings (SSSR count). The lowest BCUT2D eigenvalue weighted by Crippen LogP contribution is -2.47. The van der Waals surface area contributed by atoms with E-state index in [2.05, 4.69) is 10.6 Å². The number of halogens is 2. The van der Waals surface area contributed by atoms with E-state index in [0.717, 1.165) is 6.07 Å². The Morgan fingerprint density at radius 2 is 2.08 bits per heavy atom. The molecule has 0 aliphatic carbocycles. The number of urea groups is 1. The number of hydrogen-bond acceptors (Lipinski definition) is 3. The molecule has 132 valence electrons. The maximum absolute atomic E-state index is 13.7. The third kappa shape index (κ3) is 3.78. The van der Waals surface area contributed by atoms with Gasteiger partial charge in [-0.15, -0.1) is 0 Å². The maximum atomic E-state index is 13.7. The van der Waals surface area contributed by atoms with Crippen LogP contribution in [0.5, 0.6) is 0 Å². The Labute approximate surface area is 142 Å². The van der Waals surface area contributed by atoms with Crippen molar-refractivity contribution >= 4 is 17.6 Å². The molecule has 1 saturated heterocycles. The predicted octanol–water partition coefficient (Wildman–Crippen LogP) is 2.87. The van der Waals surface area contributed by atoms with Crippen LogP contribution in [0.2, 0.25) is 0 Å². The van der Waals surface area contributed by atoms with E-state index >= 15 is 0 Å². The lowest BCUT2D eigenvalue weighted by Gasteiger charge is -2.24. The second kappa shape index (κ2) is 7.33. The zero-order chi connectivity index (χ0) is 17.8. The highest BCUT2D eigenvalue weighted by Crippen LogP contribution is 2.21. The molecule has 3 amide bonds. The summed E-state index contributed by atoms with van der Waals surface area (Å²) in [6, 6.07) is 5.67. The van der Waals surface area contributed by atoms with Gasteiger partial charge in [0.1, 0.15) is 11.8 Å². The number of hydrogen-bond donors (Lipinski definition) is 2. The molecule has 0 radical (unpaired) electrons. The van der Waals surface area contributed by atoms with Crippen molar-refractivity contribution < 1.29 is 22.8 Å². The molecule has 1 aromatic carbocycles. The zero-order valence-corrected chi connectivity index (χ0v) is 13.3. The Kier molecular flexibility index (Phi) is 4.97. The van der Waals surface area contributed by atoms with Crippen LogP contribution in [0.4, 0.5) is 19.3 Å². The number of amides is 3. The highest BCUT2D eigenvalue weighted by atomic mass is 19.2. The standard InChI is InChI=1S/C17H17F2N3O3/c18-12-5-1-6-13(15(12)19)21-17(24)22-8-2-7-14(22)16(23)20-10-11-4-3-9-25-11/h1,3-6,9,14H,2,7-8,10H2,(H,20,23)(H,21,24). The van der Waals surface area contributed by atoms with Gasteiger partial charge in [-0.1, -0.05) is 6.07 Å². The number of nitrogens with zero attached hydrogens (tertiary/aromatic N) is 1. The van der Waals surface area contributed by atoms with Crippen molar-refractivity contribution in [2.24, 2.45) is 0 Å². The van der Waals surface area contributed by atoms with Gasteiger partial charge in [-0.25, -0.2) is 13.6 Å². The molecule has 8 heteroatoms. The number of rotatable bonds is 4. The normalized spacial score (nSPS) is 16.7. The number of carbonyl (C=O) groups is 2. The second-order valence-corrected chi connectivity index (χ2v) is 5.68. The molecule has 0 spiro atoms. The van der Waals surface area contributed by atoms with Crippen LogP contribution in [0.15, 0.2) is 41.0 Å². The van der Waals surface area contributed by atoms with Gasteiger partial charge in [-0.05, 0) is 37.1 Å². The number of furan rings is 1. The highest BCUT2D eigenvalue weighted by Gasteiger charge is 2.34. The molecule has 1 fully saturated rings. The first kappa shape index (κ1) is 16.9. The van der Waals surface area contributed by atoms with Crippen molar-refractivity contribution in [3.63, 3.8) is 0 Å². The monoisotopic (exact) mass is 349 g/mol. The number of carbonyl (C=O) groups excluding carboxylic acids is 2. The van der Waals surface area contributed by atoms with E-state index in [1.165, 1.54) is 23.3 Å². The molecular weight excluding hydrogens is 332 g/mol. The summed E-state index contributed by atoms with van der Waals surface area (Å²) in [7, 11) is 0. The molecule has 1 aliphatic rings. The Morgan fingerprint density at radius 1 is 1.24 bits per heavy atom. The number of nitrogens with one attached hydrogen (secondary N) is 2. The molecular formula is C17H17F2N3O3. The van der Waals surface area contributed by atoms with Gasteiger partial charge in [0, 0.05) is 6.54 Å². The molecule has 0 saturated carbocycles. The van der Waals surface area contributed by atoms with E-state index in [-0.39, 0.29) is 18.1 Å². The summed E-state index contributed by atoms with van der Waals surface area (Å²) in [4.78, 5) is 26.0. The third-order valence-electron chi connectivity index (χ3n) is 4.03. The Balaban J connectivity index is 1.63. The molecule has 1 atom stereocenters. The summed E-state index contributed by atoms with van der Waals surface area (Å²) in [6.07, 6.45) is 2.66. The highest BCUT2D eigenvalue weighted by molar-refractivity contribution is 5.94. The van der Waals surface area contributed by atoms with Gasteiger partial charge < -0.3 is 20.0 Å². The largest absolute Gasteiger partial charge is 0.467 e.